The lowest BCUT2D eigenvalue weighted by Gasteiger charge is -2.42. The zero-order chi connectivity index (χ0) is 21.4. The number of para-hydroxylation sites is 1. The largest absolute Gasteiger partial charge is 0.466 e. The van der Waals surface area contributed by atoms with Crippen LogP contribution < -0.4 is 4.74 Å². The van der Waals surface area contributed by atoms with Gasteiger partial charge in [-0.2, -0.15) is 0 Å². The van der Waals surface area contributed by atoms with Crippen molar-refractivity contribution >= 4 is 0 Å². The third-order valence-electron chi connectivity index (χ3n) is 6.58. The van der Waals surface area contributed by atoms with Crippen LogP contribution >= 0.6 is 0 Å². The van der Waals surface area contributed by atoms with E-state index in [2.05, 4.69) is 88.4 Å². The van der Waals surface area contributed by atoms with E-state index in [1.807, 2.05) is 6.07 Å². The molecule has 0 unspecified atom stereocenters. The minimum absolute atomic E-state index is 0.172. The van der Waals surface area contributed by atoms with Gasteiger partial charge in [-0.3, -0.25) is 0 Å². The minimum Gasteiger partial charge on any atom is -0.466 e. The molecule has 1 aliphatic carbocycles. The van der Waals surface area contributed by atoms with Gasteiger partial charge in [0.25, 0.3) is 0 Å². The molecule has 4 rings (SSSR count). The van der Waals surface area contributed by atoms with Gasteiger partial charge in [-0.15, -0.1) is 0 Å². The molecule has 30 heavy (non-hydrogen) atoms. The van der Waals surface area contributed by atoms with Crippen molar-refractivity contribution in [2.45, 2.75) is 51.4 Å². The Hall–Kier alpha value is -2.58. The highest BCUT2D eigenvalue weighted by Crippen LogP contribution is 2.48. The first-order chi connectivity index (χ1) is 14.3. The van der Waals surface area contributed by atoms with E-state index in [9.17, 15) is 0 Å². The Labute approximate surface area is 180 Å². The van der Waals surface area contributed by atoms with Crippen molar-refractivity contribution in [2.24, 2.45) is 0 Å². The first-order valence-electron chi connectivity index (χ1n) is 10.8. The summed E-state index contributed by atoms with van der Waals surface area (Å²) in [6, 6.07) is 23.8. The van der Waals surface area contributed by atoms with Gasteiger partial charge in [0.15, 0.2) is 6.79 Å². The summed E-state index contributed by atoms with van der Waals surface area (Å²) < 4.78 is 11.4. The molecule has 3 aromatic carbocycles. The summed E-state index contributed by atoms with van der Waals surface area (Å²) in [6.45, 7) is 9.69. The lowest BCUT2D eigenvalue weighted by atomic mass is 9.63. The summed E-state index contributed by atoms with van der Waals surface area (Å²) in [5.74, 6) is 0.873. The molecule has 156 valence electrons. The summed E-state index contributed by atoms with van der Waals surface area (Å²) in [6.07, 6.45) is 2.42. The molecule has 0 aromatic heterocycles. The van der Waals surface area contributed by atoms with Crippen LogP contribution in [0.5, 0.6) is 5.75 Å². The van der Waals surface area contributed by atoms with Crippen LogP contribution in [0.3, 0.4) is 0 Å². The quantitative estimate of drug-likeness (QED) is 0.417. The average Bonchev–Trinajstić information content (AvgIpc) is 2.76. The Bertz CT molecular complexity index is 1030. The fourth-order valence-corrected chi connectivity index (χ4v) is 4.64. The Morgan fingerprint density at radius 2 is 1.33 bits per heavy atom. The monoisotopic (exact) mass is 400 g/mol. The maximum absolute atomic E-state index is 6.14. The van der Waals surface area contributed by atoms with E-state index < -0.39 is 0 Å². The molecule has 2 nitrogen and oxygen atoms in total. The van der Waals surface area contributed by atoms with Crippen LogP contribution in [-0.2, 0) is 15.6 Å². The Balaban J connectivity index is 1.89. The third-order valence-corrected chi connectivity index (χ3v) is 6.58. The number of fused-ring (bicyclic) bond motifs is 1. The van der Waals surface area contributed by atoms with Gasteiger partial charge in [-0.1, -0.05) is 94.4 Å². The minimum atomic E-state index is 0.172. The van der Waals surface area contributed by atoms with E-state index in [4.69, 9.17) is 9.47 Å². The van der Waals surface area contributed by atoms with Crippen LogP contribution in [0.25, 0.3) is 22.3 Å². The molecule has 0 spiro atoms. The zero-order valence-corrected chi connectivity index (χ0v) is 18.8. The zero-order valence-electron chi connectivity index (χ0n) is 18.8. The van der Waals surface area contributed by atoms with Crippen molar-refractivity contribution in [1.82, 2.24) is 0 Å². The molecule has 0 saturated carbocycles. The van der Waals surface area contributed by atoms with E-state index >= 15 is 0 Å². The molecule has 2 heteroatoms. The fourth-order valence-electron chi connectivity index (χ4n) is 4.64. The number of ether oxygens (including phenoxy) is 2. The van der Waals surface area contributed by atoms with Crippen molar-refractivity contribution in [2.75, 3.05) is 13.9 Å². The summed E-state index contributed by atoms with van der Waals surface area (Å²) in [7, 11) is 1.66. The van der Waals surface area contributed by atoms with Crippen molar-refractivity contribution < 1.29 is 9.47 Å². The lowest BCUT2D eigenvalue weighted by molar-refractivity contribution is 0.0519. The van der Waals surface area contributed by atoms with E-state index in [0.717, 1.165) is 22.4 Å². The number of benzene rings is 3. The second-order valence-corrected chi connectivity index (χ2v) is 9.63. The van der Waals surface area contributed by atoms with Gasteiger partial charge < -0.3 is 9.47 Å². The Morgan fingerprint density at radius 1 is 0.700 bits per heavy atom. The van der Waals surface area contributed by atoms with Crippen molar-refractivity contribution in [3.8, 4) is 28.0 Å². The molecule has 0 bridgehead atoms. The molecule has 0 fully saturated rings. The topological polar surface area (TPSA) is 18.5 Å². The molecule has 0 heterocycles. The van der Waals surface area contributed by atoms with Crippen molar-refractivity contribution in [3.05, 3.63) is 77.9 Å². The highest BCUT2D eigenvalue weighted by molar-refractivity contribution is 5.83. The van der Waals surface area contributed by atoms with Crippen LogP contribution in [0, 0.1) is 0 Å². The predicted molar refractivity (Wildman–Crippen MR) is 125 cm³/mol. The molecule has 0 aliphatic heterocycles. The van der Waals surface area contributed by atoms with Gasteiger partial charge in [0.2, 0.25) is 0 Å². The van der Waals surface area contributed by atoms with E-state index in [1.54, 1.807) is 7.11 Å². The van der Waals surface area contributed by atoms with Crippen LogP contribution in [0.15, 0.2) is 66.7 Å². The summed E-state index contributed by atoms with van der Waals surface area (Å²) >= 11 is 0. The highest BCUT2D eigenvalue weighted by atomic mass is 16.7. The molecule has 1 aliphatic rings. The van der Waals surface area contributed by atoms with Gasteiger partial charge in [0, 0.05) is 18.2 Å². The SMILES string of the molecule is COCOc1c(-c2ccccc2)cccc1-c1ccc2c(c1)C(C)(C)CCC2(C)C. The molecule has 0 radical (unpaired) electrons. The van der Waals surface area contributed by atoms with Crippen LogP contribution in [0.2, 0.25) is 0 Å². The molecule has 0 saturated heterocycles. The third kappa shape index (κ3) is 3.77. The normalized spacial score (nSPS) is 16.7. The van der Waals surface area contributed by atoms with Crippen LogP contribution in [-0.4, -0.2) is 13.9 Å². The maximum atomic E-state index is 6.14. The lowest BCUT2D eigenvalue weighted by Crippen LogP contribution is -2.33. The highest BCUT2D eigenvalue weighted by Gasteiger charge is 2.37. The second kappa shape index (κ2) is 7.92. The van der Waals surface area contributed by atoms with Gasteiger partial charge in [-0.25, -0.2) is 0 Å². The maximum Gasteiger partial charge on any atom is 0.188 e. The van der Waals surface area contributed by atoms with E-state index in [0.29, 0.717) is 0 Å². The molecular weight excluding hydrogens is 368 g/mol. The molecule has 3 aromatic rings. The number of hydrogen-bond donors (Lipinski definition) is 0. The number of rotatable bonds is 5. The van der Waals surface area contributed by atoms with Gasteiger partial charge in [0.05, 0.1) is 0 Å². The van der Waals surface area contributed by atoms with E-state index in [-0.39, 0.29) is 17.6 Å². The predicted octanol–water partition coefficient (Wildman–Crippen LogP) is 7.35. The number of methoxy groups -OCH3 is 1. The van der Waals surface area contributed by atoms with Gasteiger partial charge >= 0.3 is 0 Å². The average molecular weight is 401 g/mol. The Kier molecular flexibility index (Phi) is 5.46. The van der Waals surface area contributed by atoms with Crippen molar-refractivity contribution in [3.63, 3.8) is 0 Å². The van der Waals surface area contributed by atoms with Gasteiger partial charge in [-0.05, 0) is 45.9 Å². The molecule has 0 N–H and O–H groups in total. The molecule has 0 amide bonds. The van der Waals surface area contributed by atoms with E-state index in [1.165, 1.54) is 29.5 Å². The second-order valence-electron chi connectivity index (χ2n) is 9.63. The first-order valence-corrected chi connectivity index (χ1v) is 10.8. The van der Waals surface area contributed by atoms with Gasteiger partial charge in [0.1, 0.15) is 5.75 Å². The number of hydrogen-bond acceptors (Lipinski definition) is 2. The van der Waals surface area contributed by atoms with Crippen LogP contribution in [0.4, 0.5) is 0 Å². The van der Waals surface area contributed by atoms with Crippen molar-refractivity contribution in [1.29, 1.82) is 0 Å². The summed E-state index contributed by atoms with van der Waals surface area (Å²) in [5, 5.41) is 0. The first kappa shape index (κ1) is 20.7. The summed E-state index contributed by atoms with van der Waals surface area (Å²) in [4.78, 5) is 0. The summed E-state index contributed by atoms with van der Waals surface area (Å²) in [5.41, 5.74) is 7.85. The standard InChI is InChI=1S/C28H32O2/c1-27(2)16-17-28(3,4)25-18-21(14-15-24(25)27)23-13-9-12-22(26(23)30-19-29-5)20-10-7-6-8-11-20/h6-15,18H,16-17,19H2,1-5H3. The fraction of sp³-hybridized carbons (Fsp3) is 0.357. The smallest absolute Gasteiger partial charge is 0.188 e. The Morgan fingerprint density at radius 3 is 2.00 bits per heavy atom. The molecule has 0 atom stereocenters. The van der Waals surface area contributed by atoms with Crippen LogP contribution in [0.1, 0.15) is 51.7 Å². The molecular formula is C28H32O2.